The van der Waals surface area contributed by atoms with Crippen LogP contribution in [0, 0.1) is 25.7 Å². The molecule has 3 fully saturated rings. The fourth-order valence-electron chi connectivity index (χ4n) is 7.29. The average molecular weight is 588 g/mol. The van der Waals surface area contributed by atoms with Gasteiger partial charge in [-0.2, -0.15) is 0 Å². The van der Waals surface area contributed by atoms with Crippen molar-refractivity contribution in [2.75, 3.05) is 29.5 Å². The number of aliphatic hydroxyl groups is 1. The first kappa shape index (κ1) is 30.1. The number of rotatable bonds is 11. The summed E-state index contributed by atoms with van der Waals surface area (Å²) < 4.78 is -0.755. The molecule has 3 aliphatic heterocycles. The van der Waals surface area contributed by atoms with Crippen molar-refractivity contribution < 1.29 is 19.5 Å². The minimum atomic E-state index is -0.802. The highest BCUT2D eigenvalue weighted by Gasteiger charge is 2.74. The summed E-state index contributed by atoms with van der Waals surface area (Å²) in [5.41, 5.74) is 3.53. The average Bonchev–Trinajstić information content (AvgIpc) is 3.64. The minimum Gasteiger partial charge on any atom is -0.394 e. The number of anilines is 2. The van der Waals surface area contributed by atoms with E-state index in [9.17, 15) is 19.5 Å². The van der Waals surface area contributed by atoms with Gasteiger partial charge in [-0.05, 0) is 62.4 Å². The summed E-state index contributed by atoms with van der Waals surface area (Å²) in [5, 5.41) is 10.4. The molecule has 7 nitrogen and oxygen atoms in total. The van der Waals surface area contributed by atoms with Crippen molar-refractivity contribution in [3.05, 3.63) is 85.0 Å². The van der Waals surface area contributed by atoms with Crippen LogP contribution >= 0.6 is 11.8 Å². The van der Waals surface area contributed by atoms with E-state index in [1.165, 1.54) is 0 Å². The summed E-state index contributed by atoms with van der Waals surface area (Å²) in [7, 11) is 0. The zero-order valence-corrected chi connectivity index (χ0v) is 25.6. The summed E-state index contributed by atoms with van der Waals surface area (Å²) in [6.45, 7) is 14.0. The Balaban J connectivity index is 1.61. The molecule has 222 valence electrons. The van der Waals surface area contributed by atoms with Gasteiger partial charge < -0.3 is 19.8 Å². The molecule has 0 radical (unpaired) electrons. The van der Waals surface area contributed by atoms with Gasteiger partial charge in [0.1, 0.15) is 6.04 Å². The van der Waals surface area contributed by atoms with Gasteiger partial charge in [-0.25, -0.2) is 0 Å². The van der Waals surface area contributed by atoms with Crippen LogP contribution in [0.4, 0.5) is 11.4 Å². The Kier molecular flexibility index (Phi) is 8.67. The number of amides is 3. The number of aryl methyl sites for hydroxylation is 2. The van der Waals surface area contributed by atoms with E-state index in [-0.39, 0.29) is 36.1 Å². The van der Waals surface area contributed by atoms with E-state index in [2.05, 4.69) is 13.2 Å². The Morgan fingerprint density at radius 3 is 2.43 bits per heavy atom. The Labute approximate surface area is 253 Å². The number of para-hydroxylation sites is 1. The second kappa shape index (κ2) is 12.1. The van der Waals surface area contributed by atoms with E-state index in [0.29, 0.717) is 19.4 Å². The van der Waals surface area contributed by atoms with Crippen LogP contribution in [0.25, 0.3) is 0 Å². The molecule has 2 unspecified atom stereocenters. The van der Waals surface area contributed by atoms with Gasteiger partial charge in [-0.15, -0.1) is 24.9 Å². The quantitative estimate of drug-likeness (QED) is 0.378. The van der Waals surface area contributed by atoms with Gasteiger partial charge in [0.05, 0.1) is 29.2 Å². The third-order valence-corrected chi connectivity index (χ3v) is 11.2. The van der Waals surface area contributed by atoms with E-state index in [1.807, 2.05) is 69.3 Å². The van der Waals surface area contributed by atoms with Gasteiger partial charge in [0, 0.05) is 29.7 Å². The van der Waals surface area contributed by atoms with Crippen LogP contribution in [0.5, 0.6) is 0 Å². The van der Waals surface area contributed by atoms with Crippen LogP contribution in [0.15, 0.2) is 73.8 Å². The van der Waals surface area contributed by atoms with E-state index in [0.717, 1.165) is 28.9 Å². The summed E-state index contributed by atoms with van der Waals surface area (Å²) in [5.74, 6) is -1.71. The number of aliphatic hydroxyl groups excluding tert-OH is 1. The van der Waals surface area contributed by atoms with E-state index in [1.54, 1.807) is 38.6 Å². The van der Waals surface area contributed by atoms with Crippen LogP contribution < -0.4 is 9.80 Å². The van der Waals surface area contributed by atoms with Crippen molar-refractivity contribution in [1.82, 2.24) is 4.90 Å². The number of likely N-dealkylation sites (tertiary alicyclic amines) is 1. The molecule has 42 heavy (non-hydrogen) atoms. The number of hydrogen-bond acceptors (Lipinski definition) is 5. The molecular weight excluding hydrogens is 546 g/mol. The number of carbonyl (C=O) groups is 3. The molecule has 3 heterocycles. The molecule has 1 spiro atoms. The SMILES string of the molecule is C=CCN(C(=O)[C@@H]1[C@@H]2CCC3(S2)C(C(=O)N(CC=C)c2cc(C)ccc2C)N([C@@H](CC)CO)C(=O)[C@H]13)c1ccccc1. The summed E-state index contributed by atoms with van der Waals surface area (Å²) in [4.78, 5) is 48.8. The van der Waals surface area contributed by atoms with Crippen molar-refractivity contribution in [3.63, 3.8) is 0 Å². The first-order chi connectivity index (χ1) is 20.2. The molecule has 0 saturated carbocycles. The standard InChI is InChI=1S/C34H41N3O4S/c1-6-18-35(25-12-10-9-11-13-25)31(39)28-27-16-17-34(42-27)29(28)32(40)37(24(8-3)21-38)30(34)33(41)36(19-7-2)26-20-22(4)14-15-23(26)5/h6-7,9-15,20,24,27-30,38H,1-2,8,16-19,21H2,3-5H3/t24-,27-,28+,29-,30?,34?/m0/s1. The lowest BCUT2D eigenvalue weighted by Crippen LogP contribution is -2.57. The smallest absolute Gasteiger partial charge is 0.251 e. The van der Waals surface area contributed by atoms with E-state index in [4.69, 9.17) is 0 Å². The number of hydrogen-bond donors (Lipinski definition) is 1. The Bertz CT molecular complexity index is 1380. The first-order valence-electron chi connectivity index (χ1n) is 14.8. The van der Waals surface area contributed by atoms with Gasteiger partial charge in [-0.1, -0.05) is 49.4 Å². The maximum atomic E-state index is 14.8. The number of nitrogens with zero attached hydrogens (tertiary/aromatic N) is 3. The summed E-state index contributed by atoms with van der Waals surface area (Å²) in [6.07, 6.45) is 5.32. The van der Waals surface area contributed by atoms with Crippen molar-refractivity contribution >= 4 is 40.9 Å². The van der Waals surface area contributed by atoms with Crippen molar-refractivity contribution in [2.24, 2.45) is 11.8 Å². The lowest BCUT2D eigenvalue weighted by atomic mass is 9.70. The lowest BCUT2D eigenvalue weighted by molar-refractivity contribution is -0.141. The maximum absolute atomic E-state index is 14.8. The second-order valence-corrected chi connectivity index (χ2v) is 13.2. The Hall–Kier alpha value is -3.36. The molecule has 3 aliphatic rings. The van der Waals surface area contributed by atoms with Gasteiger partial charge in [0.2, 0.25) is 11.8 Å². The second-order valence-electron chi connectivity index (χ2n) is 11.6. The van der Waals surface area contributed by atoms with Crippen LogP contribution in [0.2, 0.25) is 0 Å². The van der Waals surface area contributed by atoms with Crippen molar-refractivity contribution in [1.29, 1.82) is 0 Å². The molecule has 0 aliphatic carbocycles. The van der Waals surface area contributed by atoms with Gasteiger partial charge in [0.15, 0.2) is 0 Å². The molecule has 8 heteroatoms. The highest BCUT2D eigenvalue weighted by Crippen LogP contribution is 2.67. The third kappa shape index (κ3) is 4.78. The third-order valence-electron chi connectivity index (χ3n) is 9.21. The fourth-order valence-corrected chi connectivity index (χ4v) is 9.49. The molecule has 1 N–H and O–H groups in total. The fraction of sp³-hybridized carbons (Fsp3) is 0.441. The van der Waals surface area contributed by atoms with Gasteiger partial charge in [-0.3, -0.25) is 14.4 Å². The molecular formula is C34H41N3O4S. The predicted octanol–water partition coefficient (Wildman–Crippen LogP) is 4.90. The van der Waals surface area contributed by atoms with Crippen LogP contribution in [-0.4, -0.2) is 69.5 Å². The molecule has 0 aromatic heterocycles. The molecule has 3 amide bonds. The Morgan fingerprint density at radius 1 is 1.10 bits per heavy atom. The Morgan fingerprint density at radius 2 is 1.79 bits per heavy atom. The highest BCUT2D eigenvalue weighted by molar-refractivity contribution is 8.02. The molecule has 3 saturated heterocycles. The number of carbonyl (C=O) groups excluding carboxylic acids is 3. The molecule has 2 bridgehead atoms. The normalized spacial score (nSPS) is 26.6. The van der Waals surface area contributed by atoms with Crippen molar-refractivity contribution in [2.45, 2.75) is 62.1 Å². The largest absolute Gasteiger partial charge is 0.394 e. The zero-order chi connectivity index (χ0) is 30.2. The van der Waals surface area contributed by atoms with Crippen LogP contribution in [-0.2, 0) is 14.4 Å². The number of benzene rings is 2. The maximum Gasteiger partial charge on any atom is 0.251 e. The molecule has 6 atom stereocenters. The number of fused-ring (bicyclic) bond motifs is 1. The van der Waals surface area contributed by atoms with Gasteiger partial charge in [0.25, 0.3) is 5.91 Å². The highest BCUT2D eigenvalue weighted by atomic mass is 32.2. The molecule has 2 aromatic rings. The summed E-state index contributed by atoms with van der Waals surface area (Å²) in [6, 6.07) is 14.2. The number of thioether (sulfide) groups is 1. The summed E-state index contributed by atoms with van der Waals surface area (Å²) >= 11 is 1.65. The van der Waals surface area contributed by atoms with Crippen molar-refractivity contribution in [3.8, 4) is 0 Å². The minimum absolute atomic E-state index is 0.0670. The van der Waals surface area contributed by atoms with Gasteiger partial charge >= 0.3 is 0 Å². The monoisotopic (exact) mass is 587 g/mol. The van der Waals surface area contributed by atoms with E-state index >= 15 is 0 Å². The topological polar surface area (TPSA) is 81.2 Å². The predicted molar refractivity (Wildman–Crippen MR) is 170 cm³/mol. The lowest BCUT2D eigenvalue weighted by Gasteiger charge is -2.39. The van der Waals surface area contributed by atoms with Crippen LogP contribution in [0.3, 0.4) is 0 Å². The molecule has 5 rings (SSSR count). The van der Waals surface area contributed by atoms with E-state index < -0.39 is 28.7 Å². The van der Waals surface area contributed by atoms with Crippen LogP contribution in [0.1, 0.15) is 37.3 Å². The zero-order valence-electron chi connectivity index (χ0n) is 24.7. The first-order valence-corrected chi connectivity index (χ1v) is 15.7. The molecule has 2 aromatic carbocycles.